The third-order valence-electron chi connectivity index (χ3n) is 10.9. The Kier molecular flexibility index (Phi) is 13.0. The van der Waals surface area contributed by atoms with E-state index >= 15 is 0 Å². The molecule has 0 unspecified atom stereocenters. The van der Waals surface area contributed by atoms with E-state index in [2.05, 4.69) is 0 Å². The number of aliphatic hydroxyl groups excluding tert-OH is 1. The summed E-state index contributed by atoms with van der Waals surface area (Å²) in [5.41, 5.74) is 4.07. The summed E-state index contributed by atoms with van der Waals surface area (Å²) in [6.07, 6.45) is -3.24. The number of esters is 1. The van der Waals surface area contributed by atoms with Crippen molar-refractivity contribution >= 4 is 5.97 Å². The second-order valence-corrected chi connectivity index (χ2v) is 14.3. The first-order chi connectivity index (χ1) is 26.1. The van der Waals surface area contributed by atoms with Crippen molar-refractivity contribution in [2.45, 2.75) is 76.6 Å². The monoisotopic (exact) mass is 722 g/mol. The number of cyclic esters (lactones) is 1. The highest BCUT2D eigenvalue weighted by Gasteiger charge is 2.54. The van der Waals surface area contributed by atoms with Crippen molar-refractivity contribution < 1.29 is 43.1 Å². The van der Waals surface area contributed by atoms with E-state index in [0.717, 1.165) is 22.3 Å². The van der Waals surface area contributed by atoms with Crippen molar-refractivity contribution in [2.24, 2.45) is 23.7 Å². The van der Waals surface area contributed by atoms with Gasteiger partial charge in [-0.25, -0.2) is 0 Å². The minimum Gasteiger partial charge on any atom is -0.465 e. The van der Waals surface area contributed by atoms with Crippen molar-refractivity contribution in [1.82, 2.24) is 0 Å². The minimum absolute atomic E-state index is 0.0120. The first-order valence-electron chi connectivity index (χ1n) is 18.7. The number of carbonyl (C=O) groups excluding carboxylic acids is 1. The Hall–Kier alpha value is -3.93. The number of hydrogen-bond acceptors (Lipinski definition) is 9. The molecule has 3 aliphatic rings. The summed E-state index contributed by atoms with van der Waals surface area (Å²) in [6.45, 7) is 3.62. The van der Waals surface area contributed by atoms with Gasteiger partial charge in [-0.3, -0.25) is 4.79 Å². The van der Waals surface area contributed by atoms with Crippen LogP contribution in [0.15, 0.2) is 121 Å². The molecule has 1 saturated carbocycles. The van der Waals surface area contributed by atoms with Gasteiger partial charge in [0, 0.05) is 18.4 Å². The van der Waals surface area contributed by atoms with Crippen molar-refractivity contribution in [3.63, 3.8) is 0 Å². The number of rotatable bonds is 16. The van der Waals surface area contributed by atoms with Crippen LogP contribution in [0.3, 0.4) is 0 Å². The smallest absolute Gasteiger partial charge is 0.308 e. The average Bonchev–Trinajstić information content (AvgIpc) is 3.56. The zero-order chi connectivity index (χ0) is 36.4. The number of hydrogen-bond donors (Lipinski definition) is 1. The van der Waals surface area contributed by atoms with Crippen LogP contribution in [0.5, 0.6) is 0 Å². The first kappa shape index (κ1) is 37.4. The molecule has 7 rings (SSSR count). The van der Waals surface area contributed by atoms with Gasteiger partial charge in [0.25, 0.3) is 0 Å². The van der Waals surface area contributed by atoms with Crippen LogP contribution in [0.25, 0.3) is 0 Å². The largest absolute Gasteiger partial charge is 0.465 e. The van der Waals surface area contributed by atoms with Crippen LogP contribution in [0.4, 0.5) is 0 Å². The fourth-order valence-electron chi connectivity index (χ4n) is 7.96. The maximum atomic E-state index is 12.6. The van der Waals surface area contributed by atoms with Crippen LogP contribution >= 0.6 is 0 Å². The number of fused-ring (bicyclic) bond motifs is 1. The van der Waals surface area contributed by atoms with E-state index < -0.39 is 36.8 Å². The quantitative estimate of drug-likeness (QED) is 0.130. The summed E-state index contributed by atoms with van der Waals surface area (Å²) in [4.78, 5) is 12.6. The summed E-state index contributed by atoms with van der Waals surface area (Å²) in [7, 11) is 0. The number of carbonyl (C=O) groups is 1. The molecule has 0 aromatic heterocycles. The summed E-state index contributed by atoms with van der Waals surface area (Å²) in [5, 5.41) is 10.7. The number of benzene rings is 4. The Morgan fingerprint density at radius 1 is 0.642 bits per heavy atom. The van der Waals surface area contributed by atoms with E-state index in [4.69, 9.17) is 33.2 Å². The highest BCUT2D eigenvalue weighted by molar-refractivity contribution is 5.73. The van der Waals surface area contributed by atoms with Gasteiger partial charge in [0.15, 0.2) is 6.29 Å². The highest BCUT2D eigenvalue weighted by atomic mass is 16.7. The fourth-order valence-corrected chi connectivity index (χ4v) is 7.96. The van der Waals surface area contributed by atoms with Gasteiger partial charge in [-0.2, -0.15) is 0 Å². The lowest BCUT2D eigenvalue weighted by Gasteiger charge is -2.46. The van der Waals surface area contributed by atoms with E-state index in [9.17, 15) is 9.90 Å². The van der Waals surface area contributed by atoms with Gasteiger partial charge in [0.05, 0.1) is 51.7 Å². The lowest BCUT2D eigenvalue weighted by atomic mass is 9.80. The molecule has 2 aliphatic heterocycles. The molecule has 9 heteroatoms. The second kappa shape index (κ2) is 18.4. The Morgan fingerprint density at radius 2 is 1.13 bits per heavy atom. The van der Waals surface area contributed by atoms with E-state index in [1.807, 2.05) is 128 Å². The van der Waals surface area contributed by atoms with E-state index in [-0.39, 0.29) is 49.5 Å². The minimum atomic E-state index is -0.896. The molecule has 4 aromatic carbocycles. The molecular weight excluding hydrogens is 672 g/mol. The zero-order valence-electron chi connectivity index (χ0n) is 30.2. The molecule has 0 amide bonds. The average molecular weight is 723 g/mol. The SMILES string of the molecule is C[C@H]1C(=O)OC[C@@H]2[C@@H](CO)[C@@H](O[C@@H]3O[C@H](COCc4ccccc4)[C@@H](OCc4ccccc4)[C@H](OCc4ccccc4)[C@H]3OCc3ccccc3)C[C@@H]21. The van der Waals surface area contributed by atoms with Crippen molar-refractivity contribution in [2.75, 3.05) is 19.8 Å². The van der Waals surface area contributed by atoms with E-state index in [1.54, 1.807) is 0 Å². The molecule has 0 radical (unpaired) electrons. The molecule has 1 aliphatic carbocycles. The molecule has 0 bridgehead atoms. The van der Waals surface area contributed by atoms with Crippen LogP contribution < -0.4 is 0 Å². The van der Waals surface area contributed by atoms with Crippen LogP contribution in [-0.4, -0.2) is 67.7 Å². The second-order valence-electron chi connectivity index (χ2n) is 14.3. The topological polar surface area (TPSA) is 102 Å². The normalized spacial score (nSPS) is 29.7. The third-order valence-corrected chi connectivity index (χ3v) is 10.9. The third kappa shape index (κ3) is 9.42. The Balaban J connectivity index is 1.21. The van der Waals surface area contributed by atoms with E-state index in [1.165, 1.54) is 0 Å². The number of ether oxygens (including phenoxy) is 7. The summed E-state index contributed by atoms with van der Waals surface area (Å²) < 4.78 is 46.1. The molecule has 0 spiro atoms. The lowest BCUT2D eigenvalue weighted by molar-refractivity contribution is -0.338. The van der Waals surface area contributed by atoms with Gasteiger partial charge in [-0.1, -0.05) is 128 Å². The molecule has 280 valence electrons. The zero-order valence-corrected chi connectivity index (χ0v) is 30.2. The molecular formula is C44H50O9. The Morgan fingerprint density at radius 3 is 1.66 bits per heavy atom. The molecule has 9 nitrogen and oxygen atoms in total. The molecule has 2 heterocycles. The standard InChI is InChI=1S/C44H50O9/c1-30-35-22-38(36(23-45)37(35)28-51-43(30)46)52-44-42(50-27-34-20-12-5-13-21-34)41(49-26-33-18-10-4-11-19-33)40(48-25-32-16-8-3-9-17-32)39(53-44)29-47-24-31-14-6-2-7-15-31/h2-21,30,35-42,44-45H,22-29H2,1H3/t30-,35-,36-,37+,38+,39-,40-,41+,42-,44-/m1/s1. The van der Waals surface area contributed by atoms with Gasteiger partial charge < -0.3 is 38.3 Å². The Bertz CT molecular complexity index is 1670. The maximum absolute atomic E-state index is 12.6. The first-order valence-corrected chi connectivity index (χ1v) is 18.7. The van der Waals surface area contributed by atoms with Crippen LogP contribution in [0, 0.1) is 23.7 Å². The predicted octanol–water partition coefficient (Wildman–Crippen LogP) is 6.51. The maximum Gasteiger partial charge on any atom is 0.308 e. The highest BCUT2D eigenvalue weighted by Crippen LogP contribution is 2.47. The molecule has 10 atom stereocenters. The van der Waals surface area contributed by atoms with Crippen molar-refractivity contribution in [1.29, 1.82) is 0 Å². The van der Waals surface area contributed by atoms with Crippen LogP contribution in [0.1, 0.15) is 35.6 Å². The number of aliphatic hydroxyl groups is 1. The molecule has 4 aromatic rings. The molecule has 1 N–H and O–H groups in total. The van der Waals surface area contributed by atoms with Gasteiger partial charge >= 0.3 is 5.97 Å². The van der Waals surface area contributed by atoms with Crippen molar-refractivity contribution in [3.8, 4) is 0 Å². The summed E-state index contributed by atoms with van der Waals surface area (Å²) >= 11 is 0. The lowest BCUT2D eigenvalue weighted by Crippen LogP contribution is -2.62. The van der Waals surface area contributed by atoms with Gasteiger partial charge in [0.1, 0.15) is 24.4 Å². The van der Waals surface area contributed by atoms with Crippen LogP contribution in [0.2, 0.25) is 0 Å². The van der Waals surface area contributed by atoms with Gasteiger partial charge in [-0.05, 0) is 34.6 Å². The van der Waals surface area contributed by atoms with Crippen LogP contribution in [-0.2, 0) is 64.4 Å². The summed E-state index contributed by atoms with van der Waals surface area (Å²) in [6, 6.07) is 40.1. The molecule has 3 fully saturated rings. The van der Waals surface area contributed by atoms with Gasteiger partial charge in [0.2, 0.25) is 0 Å². The molecule has 2 saturated heterocycles. The fraction of sp³-hybridized carbons (Fsp3) is 0.432. The van der Waals surface area contributed by atoms with Gasteiger partial charge in [-0.15, -0.1) is 0 Å². The Labute approximate surface area is 312 Å². The predicted molar refractivity (Wildman–Crippen MR) is 197 cm³/mol. The van der Waals surface area contributed by atoms with Crippen molar-refractivity contribution in [3.05, 3.63) is 144 Å². The summed E-state index contributed by atoms with van der Waals surface area (Å²) in [5.74, 6) is -0.710. The molecule has 53 heavy (non-hydrogen) atoms. The van der Waals surface area contributed by atoms with E-state index in [0.29, 0.717) is 32.8 Å².